The third kappa shape index (κ3) is 2.17. The van der Waals surface area contributed by atoms with Gasteiger partial charge in [-0.1, -0.05) is 0 Å². The fourth-order valence-corrected chi connectivity index (χ4v) is 3.11. The quantitative estimate of drug-likeness (QED) is 0.732. The first kappa shape index (κ1) is 9.76. The van der Waals surface area contributed by atoms with Crippen LogP contribution in [0.4, 0.5) is 0 Å². The van der Waals surface area contributed by atoms with Crippen molar-refractivity contribution in [2.75, 3.05) is 0 Å². The Labute approximate surface area is 91.3 Å². The topological polar surface area (TPSA) is 0 Å². The van der Waals surface area contributed by atoms with Crippen LogP contribution in [0, 0.1) is 0 Å². The minimum absolute atomic E-state index is 0.562. The molecule has 0 saturated carbocycles. The predicted molar refractivity (Wildman–Crippen MR) is 62.8 cm³/mol. The molecular formula is C13H14Se. The summed E-state index contributed by atoms with van der Waals surface area (Å²) in [5.74, 6) is 0. The Hall–Kier alpha value is -0.781. The summed E-state index contributed by atoms with van der Waals surface area (Å²) in [6.07, 6.45) is 2.43. The minimum atomic E-state index is 0.562. The van der Waals surface area contributed by atoms with E-state index in [0.717, 1.165) is 0 Å². The van der Waals surface area contributed by atoms with Gasteiger partial charge in [-0.05, 0) is 0 Å². The van der Waals surface area contributed by atoms with Gasteiger partial charge in [0.1, 0.15) is 0 Å². The monoisotopic (exact) mass is 250 g/mol. The molecule has 1 aromatic carbocycles. The van der Waals surface area contributed by atoms with E-state index in [1.807, 2.05) is 0 Å². The molecule has 1 heterocycles. The number of benzene rings is 1. The molecule has 0 aliphatic carbocycles. The van der Waals surface area contributed by atoms with Gasteiger partial charge in [-0.2, -0.15) is 0 Å². The molecule has 2 rings (SSSR count). The predicted octanol–water partition coefficient (Wildman–Crippen LogP) is 3.36. The summed E-state index contributed by atoms with van der Waals surface area (Å²) < 4.78 is 1.50. The molecule has 0 amide bonds. The van der Waals surface area contributed by atoms with Gasteiger partial charge in [0, 0.05) is 0 Å². The zero-order valence-electron chi connectivity index (χ0n) is 8.36. The fraction of sp³-hybridized carbons (Fsp3) is 0.231. The molecular weight excluding hydrogens is 235 g/mol. The molecule has 0 unspecified atom stereocenters. The van der Waals surface area contributed by atoms with Crippen molar-refractivity contribution >= 4 is 14.5 Å². The van der Waals surface area contributed by atoms with E-state index in [2.05, 4.69) is 48.3 Å². The van der Waals surface area contributed by atoms with Crippen molar-refractivity contribution in [3.8, 4) is 10.0 Å². The summed E-state index contributed by atoms with van der Waals surface area (Å²) in [4.78, 5) is 2.27. The van der Waals surface area contributed by atoms with Gasteiger partial charge in [0.05, 0.1) is 0 Å². The molecule has 2 aromatic rings. The summed E-state index contributed by atoms with van der Waals surface area (Å²) in [6, 6.07) is 13.4. The van der Waals surface area contributed by atoms with E-state index in [0.29, 0.717) is 14.5 Å². The zero-order valence-corrected chi connectivity index (χ0v) is 10.1. The average Bonchev–Trinajstić information content (AvgIpc) is 2.72. The summed E-state index contributed by atoms with van der Waals surface area (Å²) in [6.45, 7) is 2.22. The normalized spacial score (nSPS) is 10.4. The first-order chi connectivity index (χ1) is 6.90. The SMILES string of the molecule is CCCc1ccc(-c2ccc[se]2)cc1. The van der Waals surface area contributed by atoms with Gasteiger partial charge in [0.15, 0.2) is 0 Å². The molecule has 0 fully saturated rings. The number of hydrogen-bond acceptors (Lipinski definition) is 0. The third-order valence-corrected chi connectivity index (χ3v) is 4.23. The zero-order chi connectivity index (χ0) is 9.80. The van der Waals surface area contributed by atoms with Crippen LogP contribution in [0.1, 0.15) is 18.9 Å². The van der Waals surface area contributed by atoms with Crippen molar-refractivity contribution < 1.29 is 0 Å². The van der Waals surface area contributed by atoms with Gasteiger partial charge in [-0.15, -0.1) is 0 Å². The Balaban J connectivity index is 2.22. The average molecular weight is 249 g/mol. The maximum absolute atomic E-state index is 2.27. The van der Waals surface area contributed by atoms with Crippen LogP contribution >= 0.6 is 0 Å². The van der Waals surface area contributed by atoms with Crippen molar-refractivity contribution in [3.63, 3.8) is 0 Å². The molecule has 0 radical (unpaired) electrons. The van der Waals surface area contributed by atoms with Gasteiger partial charge in [-0.25, -0.2) is 0 Å². The van der Waals surface area contributed by atoms with E-state index in [1.54, 1.807) is 0 Å². The second kappa shape index (κ2) is 4.63. The van der Waals surface area contributed by atoms with E-state index in [9.17, 15) is 0 Å². The number of hydrogen-bond donors (Lipinski definition) is 0. The van der Waals surface area contributed by atoms with Crippen LogP contribution in [-0.4, -0.2) is 14.5 Å². The van der Waals surface area contributed by atoms with Crippen molar-refractivity contribution in [1.82, 2.24) is 0 Å². The molecule has 72 valence electrons. The van der Waals surface area contributed by atoms with E-state index in [-0.39, 0.29) is 0 Å². The van der Waals surface area contributed by atoms with Gasteiger partial charge in [0.25, 0.3) is 0 Å². The molecule has 0 aliphatic heterocycles. The van der Waals surface area contributed by atoms with Crippen LogP contribution in [0.25, 0.3) is 10.0 Å². The van der Waals surface area contributed by atoms with Crippen LogP contribution in [0.2, 0.25) is 0 Å². The van der Waals surface area contributed by atoms with E-state index < -0.39 is 0 Å². The van der Waals surface area contributed by atoms with Crippen molar-refractivity contribution in [2.24, 2.45) is 0 Å². The second-order valence-electron chi connectivity index (χ2n) is 3.42. The second-order valence-corrected chi connectivity index (χ2v) is 5.41. The summed E-state index contributed by atoms with van der Waals surface area (Å²) >= 11 is 0.562. The Morgan fingerprint density at radius 2 is 1.86 bits per heavy atom. The molecule has 0 saturated heterocycles. The Morgan fingerprint density at radius 1 is 1.07 bits per heavy atom. The van der Waals surface area contributed by atoms with Gasteiger partial charge in [-0.3, -0.25) is 0 Å². The molecule has 0 spiro atoms. The van der Waals surface area contributed by atoms with Crippen LogP contribution in [0.15, 0.2) is 41.3 Å². The summed E-state index contributed by atoms with van der Waals surface area (Å²) in [7, 11) is 0. The molecule has 1 heteroatoms. The fourth-order valence-electron chi connectivity index (χ4n) is 1.57. The molecule has 14 heavy (non-hydrogen) atoms. The first-order valence-electron chi connectivity index (χ1n) is 5.03. The van der Waals surface area contributed by atoms with E-state index in [4.69, 9.17) is 0 Å². The molecule has 0 bridgehead atoms. The van der Waals surface area contributed by atoms with Crippen molar-refractivity contribution in [1.29, 1.82) is 0 Å². The van der Waals surface area contributed by atoms with Gasteiger partial charge >= 0.3 is 91.2 Å². The Bertz CT molecular complexity index is 370. The molecule has 0 aliphatic rings. The van der Waals surface area contributed by atoms with E-state index >= 15 is 0 Å². The molecule has 1 aromatic heterocycles. The van der Waals surface area contributed by atoms with Gasteiger partial charge < -0.3 is 0 Å². The van der Waals surface area contributed by atoms with Gasteiger partial charge in [0.2, 0.25) is 0 Å². The van der Waals surface area contributed by atoms with Crippen LogP contribution in [0.3, 0.4) is 0 Å². The third-order valence-electron chi connectivity index (χ3n) is 2.30. The van der Waals surface area contributed by atoms with Crippen molar-refractivity contribution in [2.45, 2.75) is 19.8 Å². The van der Waals surface area contributed by atoms with Crippen LogP contribution in [-0.2, 0) is 6.42 Å². The van der Waals surface area contributed by atoms with Crippen LogP contribution in [0.5, 0.6) is 0 Å². The number of aryl methyl sites for hydroxylation is 1. The molecule has 0 N–H and O–H groups in total. The summed E-state index contributed by atoms with van der Waals surface area (Å²) in [5, 5.41) is 0. The van der Waals surface area contributed by atoms with E-state index in [1.165, 1.54) is 28.4 Å². The summed E-state index contributed by atoms with van der Waals surface area (Å²) in [5.41, 5.74) is 2.85. The van der Waals surface area contributed by atoms with Crippen molar-refractivity contribution in [3.05, 3.63) is 46.9 Å². The standard InChI is InChI=1S/C13H14Se/c1-2-4-11-6-8-12(9-7-11)13-5-3-10-14-13/h3,5-10H,2,4H2,1H3. The first-order valence-corrected chi connectivity index (χ1v) is 6.87. The maximum atomic E-state index is 2.27. The molecule has 0 atom stereocenters. The van der Waals surface area contributed by atoms with Crippen LogP contribution < -0.4 is 0 Å². The number of rotatable bonds is 3. The molecule has 0 nitrogen and oxygen atoms in total. The Kier molecular flexibility index (Phi) is 3.23. The Morgan fingerprint density at radius 3 is 2.43 bits per heavy atom.